The minimum Gasteiger partial charge on any atom is -0.382 e. The van der Waals surface area contributed by atoms with Crippen LogP contribution in [0.25, 0.3) is 22.6 Å². The molecule has 0 aliphatic rings. The summed E-state index contributed by atoms with van der Waals surface area (Å²) < 4.78 is 0. The number of terminal acetylenes is 1. The molecule has 86 valence electrons. The highest BCUT2D eigenvalue weighted by atomic mass is 15.0. The molecule has 5 nitrogen and oxygen atoms in total. The Kier molecular flexibility index (Phi) is 2.21. The first-order chi connectivity index (χ1) is 8.78. The first-order valence-corrected chi connectivity index (χ1v) is 5.31. The van der Waals surface area contributed by atoms with Crippen LogP contribution in [0.3, 0.4) is 0 Å². The van der Waals surface area contributed by atoms with Crippen LogP contribution in [0.1, 0.15) is 5.56 Å². The first kappa shape index (κ1) is 10.3. The minimum atomic E-state index is 0.357. The average Bonchev–Trinajstić information content (AvgIpc) is 2.84. The second kappa shape index (κ2) is 3.86. The second-order valence-corrected chi connectivity index (χ2v) is 3.77. The lowest BCUT2D eigenvalue weighted by Crippen LogP contribution is -1.91. The van der Waals surface area contributed by atoms with Gasteiger partial charge in [0.05, 0.1) is 0 Å². The maximum atomic E-state index is 5.74. The van der Waals surface area contributed by atoms with Crippen molar-refractivity contribution in [3.8, 4) is 23.7 Å². The van der Waals surface area contributed by atoms with Crippen LogP contribution in [0.4, 0.5) is 5.82 Å². The van der Waals surface area contributed by atoms with Gasteiger partial charge in [-0.15, -0.1) is 6.42 Å². The molecule has 3 aromatic rings. The van der Waals surface area contributed by atoms with E-state index >= 15 is 0 Å². The molecule has 0 saturated heterocycles. The lowest BCUT2D eigenvalue weighted by Gasteiger charge is -1.96. The van der Waals surface area contributed by atoms with Gasteiger partial charge in [0.1, 0.15) is 12.2 Å². The van der Waals surface area contributed by atoms with Crippen molar-refractivity contribution in [3.63, 3.8) is 0 Å². The maximum absolute atomic E-state index is 5.74. The van der Waals surface area contributed by atoms with Crippen molar-refractivity contribution in [2.24, 2.45) is 0 Å². The number of benzene rings is 1. The molecule has 18 heavy (non-hydrogen) atoms. The Balaban J connectivity index is 2.20. The van der Waals surface area contributed by atoms with Crippen molar-refractivity contribution in [1.82, 2.24) is 19.9 Å². The number of aromatic nitrogens is 4. The Morgan fingerprint density at radius 2 is 2.17 bits per heavy atom. The first-order valence-electron chi connectivity index (χ1n) is 5.31. The molecule has 0 aliphatic carbocycles. The van der Waals surface area contributed by atoms with E-state index in [2.05, 4.69) is 25.9 Å². The highest BCUT2D eigenvalue weighted by molar-refractivity contribution is 5.84. The fraction of sp³-hybridized carbons (Fsp3) is 0. The van der Waals surface area contributed by atoms with E-state index in [0.29, 0.717) is 22.8 Å². The lowest BCUT2D eigenvalue weighted by atomic mass is 10.1. The molecule has 3 rings (SSSR count). The topological polar surface area (TPSA) is 80.5 Å². The predicted octanol–water partition coefficient (Wildman–Crippen LogP) is 1.58. The van der Waals surface area contributed by atoms with E-state index < -0.39 is 0 Å². The van der Waals surface area contributed by atoms with Crippen LogP contribution in [0.2, 0.25) is 0 Å². The smallest absolute Gasteiger partial charge is 0.163 e. The van der Waals surface area contributed by atoms with Gasteiger partial charge in [0, 0.05) is 11.1 Å². The molecule has 2 aromatic heterocycles. The molecule has 0 atom stereocenters. The lowest BCUT2D eigenvalue weighted by molar-refractivity contribution is 1.21. The number of fused-ring (bicyclic) bond motifs is 1. The van der Waals surface area contributed by atoms with Gasteiger partial charge < -0.3 is 10.7 Å². The summed E-state index contributed by atoms with van der Waals surface area (Å²) in [6, 6.07) is 7.54. The van der Waals surface area contributed by atoms with E-state index in [0.717, 1.165) is 11.1 Å². The number of nitrogens with two attached hydrogens (primary N) is 1. The van der Waals surface area contributed by atoms with Gasteiger partial charge in [-0.3, -0.25) is 0 Å². The normalized spacial score (nSPS) is 10.4. The maximum Gasteiger partial charge on any atom is 0.163 e. The zero-order valence-electron chi connectivity index (χ0n) is 9.38. The molecular formula is C13H9N5. The Morgan fingerprint density at radius 1 is 1.28 bits per heavy atom. The zero-order valence-corrected chi connectivity index (χ0v) is 9.38. The Labute approximate surface area is 103 Å². The van der Waals surface area contributed by atoms with E-state index in [4.69, 9.17) is 12.2 Å². The van der Waals surface area contributed by atoms with Crippen molar-refractivity contribution in [1.29, 1.82) is 0 Å². The number of H-pyrrole nitrogens is 1. The van der Waals surface area contributed by atoms with Crippen molar-refractivity contribution >= 4 is 17.0 Å². The molecule has 0 spiro atoms. The molecule has 0 unspecified atom stereocenters. The van der Waals surface area contributed by atoms with Crippen LogP contribution in [0, 0.1) is 12.3 Å². The fourth-order valence-electron chi connectivity index (χ4n) is 1.74. The van der Waals surface area contributed by atoms with E-state index in [1.54, 1.807) is 0 Å². The number of hydrogen-bond acceptors (Lipinski definition) is 4. The molecule has 1 aromatic carbocycles. The molecule has 0 fully saturated rings. The Bertz CT molecular complexity index is 766. The monoisotopic (exact) mass is 235 g/mol. The number of hydrogen-bond donors (Lipinski definition) is 2. The van der Waals surface area contributed by atoms with Gasteiger partial charge in [-0.1, -0.05) is 18.1 Å². The molecule has 5 heteroatoms. The zero-order chi connectivity index (χ0) is 12.5. The number of nitrogens with zero attached hydrogens (tertiary/aromatic N) is 3. The third-order valence-electron chi connectivity index (χ3n) is 2.61. The van der Waals surface area contributed by atoms with Crippen molar-refractivity contribution in [2.45, 2.75) is 0 Å². The number of nitrogens with one attached hydrogen (secondary N) is 1. The summed E-state index contributed by atoms with van der Waals surface area (Å²) >= 11 is 0. The largest absolute Gasteiger partial charge is 0.382 e. The standard InChI is InChI=1S/C13H9N5/c1-2-8-4-3-5-9(6-8)12-17-10-11(14)15-7-16-13(10)18-12/h1,3-7H,(H3,14,15,16,17,18). The second-order valence-electron chi connectivity index (χ2n) is 3.77. The Hall–Kier alpha value is -2.87. The van der Waals surface area contributed by atoms with Gasteiger partial charge in [0.25, 0.3) is 0 Å². The van der Waals surface area contributed by atoms with Crippen LogP contribution in [0.15, 0.2) is 30.6 Å². The predicted molar refractivity (Wildman–Crippen MR) is 69.5 cm³/mol. The summed E-state index contributed by atoms with van der Waals surface area (Å²) in [5.41, 5.74) is 8.61. The van der Waals surface area contributed by atoms with E-state index in [9.17, 15) is 0 Å². The molecule has 0 amide bonds. The molecule has 0 saturated carbocycles. The fourth-order valence-corrected chi connectivity index (χ4v) is 1.74. The molecule has 0 bridgehead atoms. The minimum absolute atomic E-state index is 0.357. The summed E-state index contributed by atoms with van der Waals surface area (Å²) in [6.07, 6.45) is 6.77. The SMILES string of the molecule is C#Cc1cccc(-c2nc3c(N)ncnc3[nH]2)c1. The number of anilines is 1. The number of aromatic amines is 1. The summed E-state index contributed by atoms with van der Waals surface area (Å²) in [5.74, 6) is 3.62. The van der Waals surface area contributed by atoms with Gasteiger partial charge >= 0.3 is 0 Å². The highest BCUT2D eigenvalue weighted by Crippen LogP contribution is 2.21. The van der Waals surface area contributed by atoms with Crippen LogP contribution < -0.4 is 5.73 Å². The average molecular weight is 235 g/mol. The van der Waals surface area contributed by atoms with Crippen LogP contribution >= 0.6 is 0 Å². The van der Waals surface area contributed by atoms with Crippen LogP contribution in [-0.2, 0) is 0 Å². The molecule has 0 radical (unpaired) electrons. The summed E-state index contributed by atoms with van der Waals surface area (Å²) in [6.45, 7) is 0. The quantitative estimate of drug-likeness (QED) is 0.627. The summed E-state index contributed by atoms with van der Waals surface area (Å²) in [7, 11) is 0. The van der Waals surface area contributed by atoms with Crippen LogP contribution in [-0.4, -0.2) is 19.9 Å². The van der Waals surface area contributed by atoms with E-state index in [1.165, 1.54) is 6.33 Å². The third kappa shape index (κ3) is 1.57. The van der Waals surface area contributed by atoms with Crippen LogP contribution in [0.5, 0.6) is 0 Å². The summed E-state index contributed by atoms with van der Waals surface area (Å²) in [4.78, 5) is 15.5. The third-order valence-corrected chi connectivity index (χ3v) is 2.61. The van der Waals surface area contributed by atoms with Gasteiger partial charge in [0.2, 0.25) is 0 Å². The van der Waals surface area contributed by atoms with Gasteiger partial charge in [-0.25, -0.2) is 15.0 Å². The van der Waals surface area contributed by atoms with Gasteiger partial charge in [0.15, 0.2) is 17.0 Å². The molecule has 2 heterocycles. The number of rotatable bonds is 1. The van der Waals surface area contributed by atoms with Crippen molar-refractivity contribution in [2.75, 3.05) is 5.73 Å². The molecule has 0 aliphatic heterocycles. The number of imidazole rings is 1. The summed E-state index contributed by atoms with van der Waals surface area (Å²) in [5, 5.41) is 0. The Morgan fingerprint density at radius 3 is 2.94 bits per heavy atom. The molecular weight excluding hydrogens is 226 g/mol. The van der Waals surface area contributed by atoms with Gasteiger partial charge in [-0.05, 0) is 12.1 Å². The van der Waals surface area contributed by atoms with Gasteiger partial charge in [-0.2, -0.15) is 0 Å². The molecule has 3 N–H and O–H groups in total. The number of nitrogen functional groups attached to an aromatic ring is 1. The van der Waals surface area contributed by atoms with E-state index in [-0.39, 0.29) is 0 Å². The van der Waals surface area contributed by atoms with E-state index in [1.807, 2.05) is 24.3 Å². The highest BCUT2D eigenvalue weighted by Gasteiger charge is 2.09. The van der Waals surface area contributed by atoms with Crippen molar-refractivity contribution < 1.29 is 0 Å². The van der Waals surface area contributed by atoms with Crippen molar-refractivity contribution in [3.05, 3.63) is 36.2 Å².